The molecule has 0 aliphatic heterocycles. The van der Waals surface area contributed by atoms with Crippen molar-refractivity contribution in [2.75, 3.05) is 0 Å². The molecular formula is C20H17BrO. The van der Waals surface area contributed by atoms with E-state index in [9.17, 15) is 5.11 Å². The predicted molar refractivity (Wildman–Crippen MR) is 94.2 cm³/mol. The van der Waals surface area contributed by atoms with E-state index in [1.54, 1.807) is 12.1 Å². The third kappa shape index (κ3) is 2.67. The summed E-state index contributed by atoms with van der Waals surface area (Å²) >= 11 is 3.50. The van der Waals surface area contributed by atoms with E-state index < -0.39 is 0 Å². The Morgan fingerprint density at radius 2 is 1.14 bits per heavy atom. The lowest BCUT2D eigenvalue weighted by molar-refractivity contribution is 0.474. The summed E-state index contributed by atoms with van der Waals surface area (Å²) < 4.78 is 1.07. The lowest BCUT2D eigenvalue weighted by Crippen LogP contribution is -2.25. The van der Waals surface area contributed by atoms with Gasteiger partial charge in [0.15, 0.2) is 0 Å². The fraction of sp³-hybridized carbons (Fsp3) is 0.100. The largest absolute Gasteiger partial charge is 0.508 e. The van der Waals surface area contributed by atoms with Crippen LogP contribution >= 0.6 is 15.9 Å². The summed E-state index contributed by atoms with van der Waals surface area (Å²) in [4.78, 5) is 0. The van der Waals surface area contributed by atoms with Crippen molar-refractivity contribution in [3.05, 3.63) is 100 Å². The Labute approximate surface area is 139 Å². The molecule has 110 valence electrons. The summed E-state index contributed by atoms with van der Waals surface area (Å²) in [6, 6.07) is 26.3. The van der Waals surface area contributed by atoms with Crippen molar-refractivity contribution in [3.63, 3.8) is 0 Å². The first kappa shape index (κ1) is 14.9. The molecule has 3 aromatic carbocycles. The van der Waals surface area contributed by atoms with Crippen molar-refractivity contribution in [1.29, 1.82) is 0 Å². The molecule has 22 heavy (non-hydrogen) atoms. The summed E-state index contributed by atoms with van der Waals surface area (Å²) in [5, 5.41) is 9.59. The highest BCUT2D eigenvalue weighted by Gasteiger charge is 2.30. The second-order valence-electron chi connectivity index (χ2n) is 5.54. The number of phenolic OH excluding ortho intramolecular Hbond substituents is 1. The maximum absolute atomic E-state index is 9.59. The highest BCUT2D eigenvalue weighted by molar-refractivity contribution is 9.10. The molecule has 0 aliphatic rings. The number of aromatic hydroxyl groups is 1. The summed E-state index contributed by atoms with van der Waals surface area (Å²) in [6.45, 7) is 2.22. The average molecular weight is 353 g/mol. The Kier molecular flexibility index (Phi) is 4.04. The lowest BCUT2D eigenvalue weighted by Gasteiger charge is -2.32. The van der Waals surface area contributed by atoms with Crippen LogP contribution in [0.3, 0.4) is 0 Å². The minimum atomic E-state index is -0.268. The molecular weight excluding hydrogens is 336 g/mol. The first-order chi connectivity index (χ1) is 10.6. The van der Waals surface area contributed by atoms with Crippen molar-refractivity contribution in [2.45, 2.75) is 12.3 Å². The second-order valence-corrected chi connectivity index (χ2v) is 6.46. The number of hydrogen-bond donors (Lipinski definition) is 1. The monoisotopic (exact) mass is 352 g/mol. The Hall–Kier alpha value is -2.06. The smallest absolute Gasteiger partial charge is 0.115 e. The third-order valence-electron chi connectivity index (χ3n) is 4.22. The number of rotatable bonds is 3. The Bertz CT molecular complexity index is 700. The number of benzene rings is 3. The van der Waals surface area contributed by atoms with Crippen LogP contribution in [0.15, 0.2) is 83.3 Å². The zero-order valence-corrected chi connectivity index (χ0v) is 13.9. The predicted octanol–water partition coefficient (Wildman–Crippen LogP) is 5.51. The molecule has 0 aliphatic carbocycles. The van der Waals surface area contributed by atoms with E-state index in [-0.39, 0.29) is 11.2 Å². The molecule has 0 aromatic heterocycles. The standard InChI is InChI=1S/C20H17BrO/c1-20(15-5-3-2-4-6-15,16-7-11-18(21)12-8-16)17-9-13-19(22)14-10-17/h2-14,22H,1H3. The fourth-order valence-electron chi connectivity index (χ4n) is 2.85. The van der Waals surface area contributed by atoms with Gasteiger partial charge >= 0.3 is 0 Å². The van der Waals surface area contributed by atoms with Gasteiger partial charge in [-0.3, -0.25) is 0 Å². The van der Waals surface area contributed by atoms with Crippen LogP contribution in [0.5, 0.6) is 5.75 Å². The maximum Gasteiger partial charge on any atom is 0.115 e. The van der Waals surface area contributed by atoms with Crippen molar-refractivity contribution >= 4 is 15.9 Å². The maximum atomic E-state index is 9.59. The molecule has 2 heteroatoms. The normalized spacial score (nSPS) is 13.5. The van der Waals surface area contributed by atoms with Crippen LogP contribution in [0.2, 0.25) is 0 Å². The van der Waals surface area contributed by atoms with Gasteiger partial charge in [-0.05, 0) is 47.9 Å². The molecule has 3 rings (SSSR count). The Morgan fingerprint density at radius 1 is 0.682 bits per heavy atom. The summed E-state index contributed by atoms with van der Waals surface area (Å²) in [7, 11) is 0. The van der Waals surface area contributed by atoms with E-state index in [0.29, 0.717) is 0 Å². The van der Waals surface area contributed by atoms with Gasteiger partial charge in [0.2, 0.25) is 0 Å². The molecule has 0 heterocycles. The zero-order valence-electron chi connectivity index (χ0n) is 12.3. The van der Waals surface area contributed by atoms with Crippen molar-refractivity contribution in [1.82, 2.24) is 0 Å². The fourth-order valence-corrected chi connectivity index (χ4v) is 3.11. The Balaban J connectivity index is 2.22. The molecule has 0 fully saturated rings. The molecule has 1 nitrogen and oxygen atoms in total. The van der Waals surface area contributed by atoms with E-state index in [0.717, 1.165) is 10.0 Å². The van der Waals surface area contributed by atoms with Crippen LogP contribution in [-0.4, -0.2) is 5.11 Å². The molecule has 1 unspecified atom stereocenters. The van der Waals surface area contributed by atoms with Crippen molar-refractivity contribution in [3.8, 4) is 5.75 Å². The summed E-state index contributed by atoms with van der Waals surface area (Å²) in [6.07, 6.45) is 0. The van der Waals surface area contributed by atoms with E-state index in [2.05, 4.69) is 71.4 Å². The molecule has 0 spiro atoms. The SMILES string of the molecule is CC(c1ccccc1)(c1ccc(O)cc1)c1ccc(Br)cc1. The van der Waals surface area contributed by atoms with E-state index in [1.165, 1.54) is 11.1 Å². The highest BCUT2D eigenvalue weighted by Crippen LogP contribution is 2.39. The van der Waals surface area contributed by atoms with Gasteiger partial charge in [-0.25, -0.2) is 0 Å². The zero-order chi connectivity index (χ0) is 15.6. The topological polar surface area (TPSA) is 20.2 Å². The van der Waals surface area contributed by atoms with Gasteiger partial charge in [0.05, 0.1) is 0 Å². The first-order valence-corrected chi connectivity index (χ1v) is 8.01. The highest BCUT2D eigenvalue weighted by atomic mass is 79.9. The van der Waals surface area contributed by atoms with Gasteiger partial charge in [0, 0.05) is 9.89 Å². The third-order valence-corrected chi connectivity index (χ3v) is 4.75. The van der Waals surface area contributed by atoms with Crippen LogP contribution in [0.1, 0.15) is 23.6 Å². The van der Waals surface area contributed by atoms with Crippen molar-refractivity contribution in [2.24, 2.45) is 0 Å². The lowest BCUT2D eigenvalue weighted by atomic mass is 9.71. The molecule has 0 saturated carbocycles. The van der Waals surface area contributed by atoms with Crippen LogP contribution < -0.4 is 0 Å². The second kappa shape index (κ2) is 5.98. The quantitative estimate of drug-likeness (QED) is 0.616. The molecule has 0 radical (unpaired) electrons. The number of hydrogen-bond acceptors (Lipinski definition) is 1. The van der Waals surface area contributed by atoms with Crippen LogP contribution in [-0.2, 0) is 5.41 Å². The van der Waals surface area contributed by atoms with Crippen LogP contribution in [0.25, 0.3) is 0 Å². The van der Waals surface area contributed by atoms with Gasteiger partial charge < -0.3 is 5.11 Å². The van der Waals surface area contributed by atoms with Crippen LogP contribution in [0, 0.1) is 0 Å². The average Bonchev–Trinajstić information content (AvgIpc) is 2.56. The van der Waals surface area contributed by atoms with Gasteiger partial charge in [0.25, 0.3) is 0 Å². The molecule has 3 aromatic rings. The minimum absolute atomic E-state index is 0.268. The molecule has 1 N–H and O–H groups in total. The molecule has 0 amide bonds. The number of halogens is 1. The van der Waals surface area contributed by atoms with Crippen LogP contribution in [0.4, 0.5) is 0 Å². The molecule has 1 atom stereocenters. The van der Waals surface area contributed by atoms with Gasteiger partial charge in [-0.1, -0.05) is 70.5 Å². The van der Waals surface area contributed by atoms with Crippen molar-refractivity contribution < 1.29 is 5.11 Å². The van der Waals surface area contributed by atoms with E-state index in [4.69, 9.17) is 0 Å². The Morgan fingerprint density at radius 3 is 1.68 bits per heavy atom. The van der Waals surface area contributed by atoms with Gasteiger partial charge in [0.1, 0.15) is 5.75 Å². The summed E-state index contributed by atoms with van der Waals surface area (Å²) in [5.41, 5.74) is 3.32. The molecule has 0 bridgehead atoms. The molecule has 0 saturated heterocycles. The minimum Gasteiger partial charge on any atom is -0.508 e. The van der Waals surface area contributed by atoms with Gasteiger partial charge in [-0.2, -0.15) is 0 Å². The number of phenols is 1. The first-order valence-electron chi connectivity index (χ1n) is 7.22. The summed E-state index contributed by atoms with van der Waals surface area (Å²) in [5.74, 6) is 0.287. The van der Waals surface area contributed by atoms with E-state index >= 15 is 0 Å². The van der Waals surface area contributed by atoms with E-state index in [1.807, 2.05) is 18.2 Å². The van der Waals surface area contributed by atoms with Gasteiger partial charge in [-0.15, -0.1) is 0 Å².